The Balaban J connectivity index is 2.05. The molecule has 0 amide bonds. The Labute approximate surface area is 139 Å². The van der Waals surface area contributed by atoms with Gasteiger partial charge in [-0.05, 0) is 25.8 Å². The molecular formula is C17H17ClN4O. The molecule has 3 aromatic rings. The van der Waals surface area contributed by atoms with E-state index in [0.717, 1.165) is 30.1 Å². The Morgan fingerprint density at radius 2 is 2.00 bits per heavy atom. The highest BCUT2D eigenvalue weighted by atomic mass is 35.5. The van der Waals surface area contributed by atoms with Gasteiger partial charge in [0.15, 0.2) is 10.8 Å². The largest absolute Gasteiger partial charge is 0.379 e. The van der Waals surface area contributed by atoms with Crippen LogP contribution in [0.4, 0.5) is 0 Å². The van der Waals surface area contributed by atoms with Gasteiger partial charge in [0.25, 0.3) is 0 Å². The summed E-state index contributed by atoms with van der Waals surface area (Å²) in [4.78, 5) is 13.6. The van der Waals surface area contributed by atoms with Crippen molar-refractivity contribution in [2.45, 2.75) is 26.3 Å². The molecule has 118 valence electrons. The Bertz CT molecular complexity index is 884. The number of imidazole rings is 1. The van der Waals surface area contributed by atoms with Crippen LogP contribution in [0.2, 0.25) is 5.15 Å². The van der Waals surface area contributed by atoms with Gasteiger partial charge in [-0.2, -0.15) is 0 Å². The average molecular weight is 329 g/mol. The molecule has 0 spiro atoms. The zero-order chi connectivity index (χ0) is 16.0. The highest BCUT2D eigenvalue weighted by Gasteiger charge is 2.26. The summed E-state index contributed by atoms with van der Waals surface area (Å²) in [5.41, 5.74) is 3.70. The summed E-state index contributed by atoms with van der Waals surface area (Å²) in [6, 6.07) is 8.44. The minimum atomic E-state index is 0.222. The maximum absolute atomic E-state index is 6.32. The Kier molecular flexibility index (Phi) is 3.54. The summed E-state index contributed by atoms with van der Waals surface area (Å²) in [6.45, 7) is 5.37. The molecule has 0 radical (unpaired) electrons. The standard InChI is InChI=1S/C17H17ClN4O/c1-10-5-3-4-6-13(10)16-21-14-15(18)19-11(2)20-17(14)22(16)12-7-8-23-9-12/h3-6,12H,7-9H2,1-2H3/t12-/m1/s1. The lowest BCUT2D eigenvalue weighted by Crippen LogP contribution is -2.11. The van der Waals surface area contributed by atoms with Crippen LogP contribution < -0.4 is 0 Å². The molecule has 5 nitrogen and oxygen atoms in total. The summed E-state index contributed by atoms with van der Waals surface area (Å²) in [5, 5.41) is 0.403. The number of benzene rings is 1. The fourth-order valence-corrected chi connectivity index (χ4v) is 3.38. The van der Waals surface area contributed by atoms with Gasteiger partial charge in [-0.15, -0.1) is 0 Å². The average Bonchev–Trinajstić information content (AvgIpc) is 3.14. The third kappa shape index (κ3) is 2.40. The second-order valence-electron chi connectivity index (χ2n) is 5.87. The minimum Gasteiger partial charge on any atom is -0.379 e. The van der Waals surface area contributed by atoms with Crippen molar-refractivity contribution in [1.82, 2.24) is 19.5 Å². The van der Waals surface area contributed by atoms with E-state index in [9.17, 15) is 0 Å². The maximum Gasteiger partial charge on any atom is 0.165 e. The van der Waals surface area contributed by atoms with Crippen molar-refractivity contribution in [3.05, 3.63) is 40.8 Å². The topological polar surface area (TPSA) is 52.8 Å². The van der Waals surface area contributed by atoms with Gasteiger partial charge in [-0.25, -0.2) is 15.0 Å². The van der Waals surface area contributed by atoms with Crippen LogP contribution in [0.15, 0.2) is 24.3 Å². The molecule has 1 aliphatic rings. The molecule has 0 N–H and O–H groups in total. The third-order valence-electron chi connectivity index (χ3n) is 4.27. The minimum absolute atomic E-state index is 0.222. The van der Waals surface area contributed by atoms with Gasteiger partial charge >= 0.3 is 0 Å². The molecule has 0 bridgehead atoms. The number of aromatic nitrogens is 4. The molecule has 1 saturated heterocycles. The zero-order valence-electron chi connectivity index (χ0n) is 13.1. The number of ether oxygens (including phenoxy) is 1. The highest BCUT2D eigenvalue weighted by molar-refractivity contribution is 6.33. The van der Waals surface area contributed by atoms with Crippen LogP contribution in [-0.2, 0) is 4.74 Å². The highest BCUT2D eigenvalue weighted by Crippen LogP contribution is 2.34. The van der Waals surface area contributed by atoms with Crippen molar-refractivity contribution >= 4 is 22.8 Å². The van der Waals surface area contributed by atoms with Crippen molar-refractivity contribution in [3.8, 4) is 11.4 Å². The normalized spacial score (nSPS) is 18.0. The number of fused-ring (bicyclic) bond motifs is 1. The van der Waals surface area contributed by atoms with Gasteiger partial charge in [0.2, 0.25) is 0 Å². The van der Waals surface area contributed by atoms with Crippen molar-refractivity contribution in [2.75, 3.05) is 13.2 Å². The van der Waals surface area contributed by atoms with Crippen LogP contribution >= 0.6 is 11.6 Å². The first-order chi connectivity index (χ1) is 11.1. The molecule has 2 aromatic heterocycles. The van der Waals surface area contributed by atoms with Crippen LogP contribution in [0.25, 0.3) is 22.6 Å². The lowest BCUT2D eigenvalue weighted by molar-refractivity contribution is 0.187. The van der Waals surface area contributed by atoms with E-state index >= 15 is 0 Å². The van der Waals surface area contributed by atoms with Crippen LogP contribution in [-0.4, -0.2) is 32.7 Å². The molecular weight excluding hydrogens is 312 g/mol. The number of nitrogens with zero attached hydrogens (tertiary/aromatic N) is 4. The molecule has 3 heterocycles. The first kappa shape index (κ1) is 14.6. The zero-order valence-corrected chi connectivity index (χ0v) is 13.8. The Morgan fingerprint density at radius 1 is 1.17 bits per heavy atom. The van der Waals surface area contributed by atoms with E-state index in [1.54, 1.807) is 0 Å². The number of hydrogen-bond donors (Lipinski definition) is 0. The SMILES string of the molecule is Cc1nc(Cl)c2nc(-c3ccccc3C)n([C@@H]3CCOC3)c2n1. The molecule has 0 unspecified atom stereocenters. The van der Waals surface area contributed by atoms with Crippen molar-refractivity contribution < 1.29 is 4.74 Å². The predicted octanol–water partition coefficient (Wildman–Crippen LogP) is 3.72. The Morgan fingerprint density at radius 3 is 2.74 bits per heavy atom. The van der Waals surface area contributed by atoms with Crippen LogP contribution in [0.1, 0.15) is 23.9 Å². The fourth-order valence-electron chi connectivity index (χ4n) is 3.13. The van der Waals surface area contributed by atoms with Gasteiger partial charge in [0, 0.05) is 12.2 Å². The van der Waals surface area contributed by atoms with E-state index in [-0.39, 0.29) is 6.04 Å². The van der Waals surface area contributed by atoms with Gasteiger partial charge in [-0.1, -0.05) is 35.9 Å². The van der Waals surface area contributed by atoms with E-state index in [4.69, 9.17) is 21.3 Å². The number of rotatable bonds is 2. The number of aryl methyl sites for hydroxylation is 2. The number of hydrogen-bond acceptors (Lipinski definition) is 4. The summed E-state index contributed by atoms with van der Waals surface area (Å²) >= 11 is 6.32. The molecule has 6 heteroatoms. The van der Waals surface area contributed by atoms with E-state index < -0.39 is 0 Å². The first-order valence-electron chi connectivity index (χ1n) is 7.71. The second kappa shape index (κ2) is 5.58. The van der Waals surface area contributed by atoms with Gasteiger partial charge < -0.3 is 9.30 Å². The molecule has 1 fully saturated rings. The van der Waals surface area contributed by atoms with E-state index in [2.05, 4.69) is 33.6 Å². The lowest BCUT2D eigenvalue weighted by Gasteiger charge is -2.15. The van der Waals surface area contributed by atoms with Gasteiger partial charge in [-0.3, -0.25) is 0 Å². The quantitative estimate of drug-likeness (QED) is 0.673. The first-order valence-corrected chi connectivity index (χ1v) is 8.09. The van der Waals surface area contributed by atoms with Crippen molar-refractivity contribution in [1.29, 1.82) is 0 Å². The monoisotopic (exact) mass is 328 g/mol. The molecule has 1 atom stereocenters. The smallest absolute Gasteiger partial charge is 0.165 e. The summed E-state index contributed by atoms with van der Waals surface area (Å²) < 4.78 is 7.76. The second-order valence-corrected chi connectivity index (χ2v) is 6.23. The van der Waals surface area contributed by atoms with E-state index in [1.165, 1.54) is 5.56 Å². The van der Waals surface area contributed by atoms with Crippen LogP contribution in [0.3, 0.4) is 0 Å². The maximum atomic E-state index is 6.32. The van der Waals surface area contributed by atoms with E-state index in [0.29, 0.717) is 23.1 Å². The third-order valence-corrected chi connectivity index (χ3v) is 4.53. The number of halogens is 1. The summed E-state index contributed by atoms with van der Waals surface area (Å²) in [5.74, 6) is 1.54. The molecule has 4 rings (SSSR count). The molecule has 0 aliphatic carbocycles. The van der Waals surface area contributed by atoms with Gasteiger partial charge in [0.1, 0.15) is 17.2 Å². The van der Waals surface area contributed by atoms with E-state index in [1.807, 2.05) is 19.1 Å². The molecule has 23 heavy (non-hydrogen) atoms. The molecule has 1 aliphatic heterocycles. The molecule has 0 saturated carbocycles. The van der Waals surface area contributed by atoms with Crippen LogP contribution in [0, 0.1) is 13.8 Å². The predicted molar refractivity (Wildman–Crippen MR) is 89.7 cm³/mol. The van der Waals surface area contributed by atoms with Gasteiger partial charge in [0.05, 0.1) is 12.6 Å². The Hall–Kier alpha value is -1.98. The van der Waals surface area contributed by atoms with Crippen LogP contribution in [0.5, 0.6) is 0 Å². The lowest BCUT2D eigenvalue weighted by atomic mass is 10.1. The molecule has 1 aromatic carbocycles. The summed E-state index contributed by atoms with van der Waals surface area (Å²) in [7, 11) is 0. The van der Waals surface area contributed by atoms with Crippen molar-refractivity contribution in [2.24, 2.45) is 0 Å². The fraction of sp³-hybridized carbons (Fsp3) is 0.353. The van der Waals surface area contributed by atoms with Crippen molar-refractivity contribution in [3.63, 3.8) is 0 Å². The summed E-state index contributed by atoms with van der Waals surface area (Å²) in [6.07, 6.45) is 0.949.